The third-order valence-electron chi connectivity index (χ3n) is 9.99. The highest BCUT2D eigenvalue weighted by Gasteiger charge is 2.35. The van der Waals surface area contributed by atoms with Crippen molar-refractivity contribution < 1.29 is 42.3 Å². The lowest BCUT2D eigenvalue weighted by Gasteiger charge is -2.18. The molecule has 0 radical (unpaired) electrons. The van der Waals surface area contributed by atoms with E-state index in [1.165, 1.54) is 85.5 Å². The Balaban J connectivity index is 0.000000211. The van der Waals surface area contributed by atoms with Crippen LogP contribution in [0.1, 0.15) is 98.5 Å². The lowest BCUT2D eigenvalue weighted by atomic mass is 10.0. The van der Waals surface area contributed by atoms with Crippen molar-refractivity contribution in [2.45, 2.75) is 65.8 Å². The number of carbonyl (C=O) groups is 2. The normalized spacial score (nSPS) is 25.6. The Kier molecular flexibility index (Phi) is 8.77. The molecule has 10 rings (SSSR count). The van der Waals surface area contributed by atoms with Crippen molar-refractivity contribution >= 4 is 23.5 Å². The average Bonchev–Trinajstić information content (AvgIpc) is 4.11. The van der Waals surface area contributed by atoms with Crippen molar-refractivity contribution in [2.75, 3.05) is 35.8 Å². The van der Waals surface area contributed by atoms with Crippen molar-refractivity contribution in [3.8, 4) is 46.0 Å². The molecule has 0 spiro atoms. The van der Waals surface area contributed by atoms with E-state index in [-0.39, 0.29) is 94.9 Å². The van der Waals surface area contributed by atoms with E-state index < -0.39 is 80.0 Å². The zero-order valence-corrected chi connectivity index (χ0v) is 32.5. The van der Waals surface area contributed by atoms with Gasteiger partial charge in [0.15, 0.2) is 11.6 Å². The maximum Gasteiger partial charge on any atom is 0.255 e. The van der Waals surface area contributed by atoms with Crippen molar-refractivity contribution in [2.24, 2.45) is 0 Å². The number of nitriles is 2. The predicted molar refractivity (Wildman–Crippen MR) is 234 cm³/mol. The Hall–Kier alpha value is -7.54. The van der Waals surface area contributed by atoms with Gasteiger partial charge >= 0.3 is 0 Å². The molecule has 4 aromatic heterocycles. The molecule has 0 bridgehead atoms. The average molecular weight is 879 g/mol. The Morgan fingerprint density at radius 2 is 1.16 bits per heavy atom. The van der Waals surface area contributed by atoms with Crippen LogP contribution in [0.5, 0.6) is 0 Å². The minimum atomic E-state index is -2.55. The molecule has 2 unspecified atom stereocenters. The van der Waals surface area contributed by atoms with E-state index >= 15 is 0 Å². The number of pyridine rings is 2. The van der Waals surface area contributed by atoms with Gasteiger partial charge in [-0.1, -0.05) is 27.0 Å². The van der Waals surface area contributed by atoms with Crippen LogP contribution >= 0.6 is 0 Å². The SMILES string of the molecule is C.C.[2H]C1([2H])CC(C)(O)C([2H])([2H])N1c1ccn(-c2cc(-c3c(F)cccc3C#N)nc3c2C(=O)NC3)n1.[2H]C1([2H])NC(=O)c2c(-n3ccc(N4C([2H])([2H])CC(C)(O)C4([2H])[2H])n3)cc(-c3c(F)cccc3C#N)nc21. The molecule has 8 heterocycles. The summed E-state index contributed by atoms with van der Waals surface area (Å²) in [5.41, 5.74) is -4.23. The topological polar surface area (TPSA) is 214 Å². The maximum absolute atomic E-state index is 14.8. The van der Waals surface area contributed by atoms with Gasteiger partial charge in [-0.2, -0.15) is 20.7 Å². The number of amides is 2. The molecule has 2 atom stereocenters. The third-order valence-corrected chi connectivity index (χ3v) is 9.99. The van der Waals surface area contributed by atoms with E-state index in [9.17, 15) is 39.1 Å². The van der Waals surface area contributed by atoms with Gasteiger partial charge in [0.1, 0.15) is 11.6 Å². The molecule has 18 heteroatoms. The van der Waals surface area contributed by atoms with E-state index in [1.807, 2.05) is 12.1 Å². The fourth-order valence-corrected chi connectivity index (χ4v) is 7.13. The van der Waals surface area contributed by atoms with Crippen molar-refractivity contribution in [3.05, 3.63) is 118 Å². The van der Waals surface area contributed by atoms with E-state index in [2.05, 4.69) is 30.8 Å². The molecule has 2 fully saturated rings. The number of rotatable bonds is 6. The summed E-state index contributed by atoms with van der Waals surface area (Å²) in [5, 5.41) is 53.3. The number of β-amino-alcohol motifs (C(OH)–C–C–N with tert-alkyl or cyclic N) is 2. The minimum Gasteiger partial charge on any atom is -0.388 e. The molecule has 0 aliphatic carbocycles. The summed E-state index contributed by atoms with van der Waals surface area (Å²) in [6.07, 6.45) is 1.68. The fourth-order valence-electron chi connectivity index (χ4n) is 7.13. The number of anilines is 2. The third kappa shape index (κ3) is 8.12. The standard InChI is InChI=1S/2C22H19FN6O2.2CH4/c2*1-22(31)6-8-28(12-22)18-5-7-29(27-18)17-9-15(26-16-11-25-21(30)20(16)17)19-13(10-24)3-2-4-14(19)23;;/h2*2-5,7,9,31H,6,8,11-12H2,1H3,(H,25,30);2*1H4/i8D2,11D2,12D2;8D2,12D2;;. The van der Waals surface area contributed by atoms with Gasteiger partial charge in [-0.25, -0.2) is 28.1 Å². The molecule has 2 amide bonds. The van der Waals surface area contributed by atoms with Crippen molar-refractivity contribution in [1.82, 2.24) is 40.2 Å². The van der Waals surface area contributed by atoms with Gasteiger partial charge in [0.2, 0.25) is 0 Å². The Morgan fingerprint density at radius 1 is 0.703 bits per heavy atom. The largest absolute Gasteiger partial charge is 0.388 e. The minimum absolute atomic E-state index is 0. The number of nitrogens with one attached hydrogen (secondary N) is 2. The van der Waals surface area contributed by atoms with Crippen LogP contribution in [0, 0.1) is 34.3 Å². The molecule has 2 aromatic carbocycles. The first-order valence-corrected chi connectivity index (χ1v) is 18.7. The number of fused-ring (bicyclic) bond motifs is 2. The van der Waals surface area contributed by atoms with Crippen LogP contribution in [0.15, 0.2) is 73.1 Å². The number of nitrogens with zero attached hydrogens (tertiary/aromatic N) is 10. The highest BCUT2D eigenvalue weighted by Crippen LogP contribution is 2.35. The molecule has 2 saturated heterocycles. The van der Waals surface area contributed by atoms with Crippen molar-refractivity contribution in [1.29, 1.82) is 10.5 Å². The van der Waals surface area contributed by atoms with Gasteiger partial charge in [-0.05, 0) is 63.1 Å². The number of halogens is 2. The molecular weight excluding hydrogens is 823 g/mol. The first kappa shape index (κ1) is 33.1. The zero-order chi connectivity index (χ0) is 52.5. The molecule has 0 saturated carbocycles. The van der Waals surface area contributed by atoms with E-state index in [0.29, 0.717) is 10.6 Å². The summed E-state index contributed by atoms with van der Waals surface area (Å²) in [6.45, 7) is -9.54. The lowest BCUT2D eigenvalue weighted by Crippen LogP contribution is -2.29. The molecule has 64 heavy (non-hydrogen) atoms. The van der Waals surface area contributed by atoms with E-state index in [1.54, 1.807) is 0 Å². The Bertz CT molecular complexity index is 3390. The molecular formula is C46H46F2N12O4. The van der Waals surface area contributed by atoms with Crippen LogP contribution in [0.2, 0.25) is 0 Å². The van der Waals surface area contributed by atoms with Gasteiger partial charge in [-0.3, -0.25) is 9.59 Å². The van der Waals surface area contributed by atoms with Gasteiger partial charge in [0.05, 0.1) is 112 Å². The first-order chi connectivity index (χ1) is 33.5. The summed E-state index contributed by atoms with van der Waals surface area (Å²) in [7, 11) is 0. The quantitative estimate of drug-likeness (QED) is 0.162. The highest BCUT2D eigenvalue weighted by atomic mass is 19.1. The highest BCUT2D eigenvalue weighted by molar-refractivity contribution is 6.02. The van der Waals surface area contributed by atoms with Crippen molar-refractivity contribution in [3.63, 3.8) is 0 Å². The predicted octanol–water partition coefficient (Wildman–Crippen LogP) is 5.57. The molecule has 6 aromatic rings. The second kappa shape index (κ2) is 17.0. The summed E-state index contributed by atoms with van der Waals surface area (Å²) in [4.78, 5) is 35.4. The summed E-state index contributed by atoms with van der Waals surface area (Å²) in [5.74, 6) is -3.03. The van der Waals surface area contributed by atoms with Crippen LogP contribution in [0.4, 0.5) is 20.4 Å². The number of hydrogen-bond donors (Lipinski definition) is 4. The summed E-state index contributed by atoms with van der Waals surface area (Å²) < 4.78 is 115. The zero-order valence-electron chi connectivity index (χ0n) is 42.5. The first-order valence-electron chi connectivity index (χ1n) is 23.7. The van der Waals surface area contributed by atoms with Crippen LogP contribution in [0.3, 0.4) is 0 Å². The number of aromatic nitrogens is 6. The van der Waals surface area contributed by atoms with Gasteiger partial charge in [0, 0.05) is 56.0 Å². The molecule has 328 valence electrons. The lowest BCUT2D eigenvalue weighted by molar-refractivity contribution is 0.0833. The number of benzene rings is 2. The summed E-state index contributed by atoms with van der Waals surface area (Å²) >= 11 is 0. The summed E-state index contributed by atoms with van der Waals surface area (Å²) in [6, 6.07) is 17.0. The fraction of sp³-hybridized carbons (Fsp3) is 0.304. The monoisotopic (exact) mass is 878 g/mol. The van der Waals surface area contributed by atoms with Crippen LogP contribution < -0.4 is 20.4 Å². The number of hydrogen-bond acceptors (Lipinski definition) is 12. The van der Waals surface area contributed by atoms with Gasteiger partial charge in [-0.15, -0.1) is 0 Å². The molecule has 4 aliphatic heterocycles. The second-order valence-electron chi connectivity index (χ2n) is 14.8. The molecule has 16 nitrogen and oxygen atoms in total. The molecule has 4 aliphatic rings. The van der Waals surface area contributed by atoms with E-state index in [4.69, 9.17) is 13.7 Å². The van der Waals surface area contributed by atoms with Crippen LogP contribution in [-0.2, 0) is 13.0 Å². The number of aliphatic hydroxyl groups is 2. The molecule has 4 N–H and O–H groups in total. The smallest absolute Gasteiger partial charge is 0.255 e. The Morgan fingerprint density at radius 3 is 1.61 bits per heavy atom. The second-order valence-corrected chi connectivity index (χ2v) is 14.8. The number of carbonyl (C=O) groups excluding carboxylic acids is 2. The van der Waals surface area contributed by atoms with Crippen LogP contribution in [-0.4, -0.2) is 88.7 Å². The van der Waals surface area contributed by atoms with Gasteiger partial charge < -0.3 is 30.6 Å². The maximum atomic E-state index is 14.8. The van der Waals surface area contributed by atoms with E-state index in [0.717, 1.165) is 15.6 Å². The van der Waals surface area contributed by atoms with Crippen LogP contribution in [0.25, 0.3) is 33.9 Å². The van der Waals surface area contributed by atoms with Gasteiger partial charge in [0.25, 0.3) is 11.8 Å². The Labute approximate surface area is 382 Å².